The van der Waals surface area contributed by atoms with Crippen molar-refractivity contribution in [1.82, 2.24) is 9.80 Å². The lowest BCUT2D eigenvalue weighted by Crippen LogP contribution is -2.46. The first kappa shape index (κ1) is 24.1. The van der Waals surface area contributed by atoms with Gasteiger partial charge in [0.25, 0.3) is 0 Å². The lowest BCUT2D eigenvalue weighted by molar-refractivity contribution is -0.137. The Balaban J connectivity index is 1.52. The van der Waals surface area contributed by atoms with Crippen molar-refractivity contribution in [3.05, 3.63) is 0 Å². The Hall–Kier alpha value is -1.14. The molecule has 4 unspecified atom stereocenters. The van der Waals surface area contributed by atoms with Crippen LogP contribution in [0.25, 0.3) is 0 Å². The molecule has 2 fully saturated rings. The smallest absolute Gasteiger partial charge is 0.222 e. The molecule has 2 heterocycles. The molecule has 4 atom stereocenters. The maximum absolute atomic E-state index is 12.5. The molecular weight excluding hydrogens is 368 g/mol. The van der Waals surface area contributed by atoms with Gasteiger partial charge in [-0.3, -0.25) is 9.59 Å². The Bertz CT molecular complexity index is 469. The summed E-state index contributed by atoms with van der Waals surface area (Å²) < 4.78 is 10.9. The van der Waals surface area contributed by atoms with Crippen LogP contribution < -0.4 is 0 Å². The van der Waals surface area contributed by atoms with E-state index in [1.54, 1.807) is 14.2 Å². The standard InChI is InChI=1S/C23H42N2O4/c1-18-16-20(28-3)12-14-24(18)22(26)10-8-6-5-7-9-11-23(27)25-15-13-21(29-4)17-19(25)2/h18-21H,5-17H2,1-4H3. The van der Waals surface area contributed by atoms with Gasteiger partial charge in [-0.25, -0.2) is 0 Å². The van der Waals surface area contributed by atoms with Gasteiger partial charge in [0.15, 0.2) is 0 Å². The van der Waals surface area contributed by atoms with Crippen LogP contribution in [0.4, 0.5) is 0 Å². The van der Waals surface area contributed by atoms with Gasteiger partial charge in [-0.1, -0.05) is 19.3 Å². The monoisotopic (exact) mass is 410 g/mol. The van der Waals surface area contributed by atoms with E-state index in [4.69, 9.17) is 9.47 Å². The highest BCUT2D eigenvalue weighted by atomic mass is 16.5. The highest BCUT2D eigenvalue weighted by Crippen LogP contribution is 2.22. The maximum Gasteiger partial charge on any atom is 0.222 e. The summed E-state index contributed by atoms with van der Waals surface area (Å²) >= 11 is 0. The van der Waals surface area contributed by atoms with Gasteiger partial charge in [0.05, 0.1) is 12.2 Å². The summed E-state index contributed by atoms with van der Waals surface area (Å²) in [5.74, 6) is 0.575. The molecule has 2 aliphatic heterocycles. The zero-order chi connectivity index (χ0) is 21.2. The van der Waals surface area contributed by atoms with Gasteiger partial charge in [-0.15, -0.1) is 0 Å². The van der Waals surface area contributed by atoms with E-state index < -0.39 is 0 Å². The van der Waals surface area contributed by atoms with Crippen molar-refractivity contribution in [2.45, 2.75) is 109 Å². The molecule has 0 N–H and O–H groups in total. The van der Waals surface area contributed by atoms with E-state index in [2.05, 4.69) is 13.8 Å². The third-order valence-corrected chi connectivity index (χ3v) is 6.74. The molecule has 6 nitrogen and oxygen atoms in total. The van der Waals surface area contributed by atoms with Crippen molar-refractivity contribution >= 4 is 11.8 Å². The Morgan fingerprint density at radius 3 is 1.45 bits per heavy atom. The Morgan fingerprint density at radius 2 is 1.10 bits per heavy atom. The zero-order valence-electron chi connectivity index (χ0n) is 19.0. The van der Waals surface area contributed by atoms with Crippen LogP contribution in [0.5, 0.6) is 0 Å². The fourth-order valence-electron chi connectivity index (χ4n) is 4.80. The lowest BCUT2D eigenvalue weighted by atomic mass is 9.99. The first-order valence-electron chi connectivity index (χ1n) is 11.6. The van der Waals surface area contributed by atoms with Crippen molar-refractivity contribution in [2.24, 2.45) is 0 Å². The minimum absolute atomic E-state index is 0.281. The summed E-state index contributed by atoms with van der Waals surface area (Å²) in [6.07, 6.45) is 10.8. The number of nitrogens with zero attached hydrogens (tertiary/aromatic N) is 2. The average Bonchev–Trinajstić information content (AvgIpc) is 2.72. The second-order valence-electron chi connectivity index (χ2n) is 8.90. The molecule has 2 rings (SSSR count). The Labute approximate surface area is 177 Å². The molecule has 0 aromatic heterocycles. The molecule has 168 valence electrons. The predicted octanol–water partition coefficient (Wildman–Crippen LogP) is 3.77. The summed E-state index contributed by atoms with van der Waals surface area (Å²) in [6, 6.07) is 0.562. The molecule has 0 saturated carbocycles. The van der Waals surface area contributed by atoms with Crippen LogP contribution >= 0.6 is 0 Å². The number of unbranched alkanes of at least 4 members (excludes halogenated alkanes) is 4. The molecule has 2 amide bonds. The normalized spacial score (nSPS) is 27.9. The van der Waals surface area contributed by atoms with Crippen LogP contribution in [-0.2, 0) is 19.1 Å². The van der Waals surface area contributed by atoms with Crippen molar-refractivity contribution in [3.63, 3.8) is 0 Å². The van der Waals surface area contributed by atoms with E-state index in [1.165, 1.54) is 0 Å². The zero-order valence-corrected chi connectivity index (χ0v) is 19.0. The molecule has 2 saturated heterocycles. The minimum Gasteiger partial charge on any atom is -0.381 e. The number of ether oxygens (including phenoxy) is 2. The van der Waals surface area contributed by atoms with Gasteiger partial charge >= 0.3 is 0 Å². The molecule has 29 heavy (non-hydrogen) atoms. The fraction of sp³-hybridized carbons (Fsp3) is 0.913. The number of hydrogen-bond donors (Lipinski definition) is 0. The summed E-state index contributed by atoms with van der Waals surface area (Å²) in [7, 11) is 3.51. The van der Waals surface area contributed by atoms with E-state index in [-0.39, 0.29) is 23.9 Å². The lowest BCUT2D eigenvalue weighted by Gasteiger charge is -2.37. The molecular formula is C23H42N2O4. The second kappa shape index (κ2) is 12.5. The van der Waals surface area contributed by atoms with Gasteiger partial charge in [0.1, 0.15) is 0 Å². The highest BCUT2D eigenvalue weighted by Gasteiger charge is 2.29. The van der Waals surface area contributed by atoms with Gasteiger partial charge in [-0.05, 0) is 52.4 Å². The first-order valence-corrected chi connectivity index (χ1v) is 11.6. The molecule has 0 aliphatic carbocycles. The molecule has 0 radical (unpaired) electrons. The maximum atomic E-state index is 12.5. The van der Waals surface area contributed by atoms with E-state index in [0.29, 0.717) is 25.0 Å². The number of piperidine rings is 2. The van der Waals surface area contributed by atoms with Crippen molar-refractivity contribution in [2.75, 3.05) is 27.3 Å². The van der Waals surface area contributed by atoms with Crippen LogP contribution in [0.2, 0.25) is 0 Å². The largest absolute Gasteiger partial charge is 0.381 e. The van der Waals surface area contributed by atoms with Crippen LogP contribution in [0.15, 0.2) is 0 Å². The van der Waals surface area contributed by atoms with Crippen LogP contribution in [0, 0.1) is 0 Å². The van der Waals surface area contributed by atoms with Gasteiger partial charge in [-0.2, -0.15) is 0 Å². The van der Waals surface area contributed by atoms with Crippen LogP contribution in [0.1, 0.15) is 84.5 Å². The number of carbonyl (C=O) groups excluding carboxylic acids is 2. The Kier molecular flexibility index (Phi) is 10.4. The van der Waals surface area contributed by atoms with E-state index in [9.17, 15) is 9.59 Å². The SMILES string of the molecule is COC1CCN(C(=O)CCCCCCCC(=O)N2CCC(OC)CC2C)C(C)C1. The average molecular weight is 411 g/mol. The number of hydrogen-bond acceptors (Lipinski definition) is 4. The number of amides is 2. The van der Waals surface area contributed by atoms with E-state index in [1.807, 2.05) is 9.80 Å². The fourth-order valence-corrected chi connectivity index (χ4v) is 4.80. The number of methoxy groups -OCH3 is 2. The minimum atomic E-state index is 0.281. The molecule has 0 spiro atoms. The number of rotatable bonds is 10. The second-order valence-corrected chi connectivity index (χ2v) is 8.90. The highest BCUT2D eigenvalue weighted by molar-refractivity contribution is 5.77. The summed E-state index contributed by atoms with van der Waals surface area (Å²) in [5, 5.41) is 0. The Morgan fingerprint density at radius 1 is 0.724 bits per heavy atom. The third-order valence-electron chi connectivity index (χ3n) is 6.74. The molecule has 0 aromatic carbocycles. The van der Waals surface area contributed by atoms with Crippen molar-refractivity contribution < 1.29 is 19.1 Å². The number of likely N-dealkylation sites (tertiary alicyclic amines) is 2. The molecule has 2 aliphatic rings. The van der Waals surface area contributed by atoms with Gasteiger partial charge in [0.2, 0.25) is 11.8 Å². The first-order chi connectivity index (χ1) is 14.0. The summed E-state index contributed by atoms with van der Waals surface area (Å²) in [5.41, 5.74) is 0. The quantitative estimate of drug-likeness (QED) is 0.515. The van der Waals surface area contributed by atoms with Crippen LogP contribution in [-0.4, -0.2) is 73.2 Å². The van der Waals surface area contributed by atoms with Crippen LogP contribution in [0.3, 0.4) is 0 Å². The number of carbonyl (C=O) groups is 2. The third kappa shape index (κ3) is 7.56. The topological polar surface area (TPSA) is 59.1 Å². The molecule has 0 aromatic rings. The molecule has 6 heteroatoms. The summed E-state index contributed by atoms with van der Waals surface area (Å²) in [6.45, 7) is 5.89. The molecule has 0 bridgehead atoms. The van der Waals surface area contributed by atoms with Crippen molar-refractivity contribution in [3.8, 4) is 0 Å². The van der Waals surface area contributed by atoms with Gasteiger partial charge < -0.3 is 19.3 Å². The van der Waals surface area contributed by atoms with Gasteiger partial charge in [0, 0.05) is 52.2 Å². The van der Waals surface area contributed by atoms with E-state index >= 15 is 0 Å². The van der Waals surface area contributed by atoms with E-state index in [0.717, 1.165) is 70.9 Å². The van der Waals surface area contributed by atoms with Crippen molar-refractivity contribution in [1.29, 1.82) is 0 Å². The predicted molar refractivity (Wildman–Crippen MR) is 115 cm³/mol. The summed E-state index contributed by atoms with van der Waals surface area (Å²) in [4.78, 5) is 29.0.